The van der Waals surface area contributed by atoms with Crippen LogP contribution in [-0.4, -0.2) is 46.5 Å². The van der Waals surface area contributed by atoms with E-state index in [-0.39, 0.29) is 22.2 Å². The summed E-state index contributed by atoms with van der Waals surface area (Å²) in [4.78, 5) is 11.5. The van der Waals surface area contributed by atoms with E-state index in [1.807, 2.05) is 14.2 Å². The van der Waals surface area contributed by atoms with Gasteiger partial charge < -0.3 is 9.68 Å². The first-order chi connectivity index (χ1) is 11.2. The maximum atomic E-state index is 5.76. The molecule has 2 aliphatic rings. The lowest BCUT2D eigenvalue weighted by Gasteiger charge is -2.56. The highest BCUT2D eigenvalue weighted by molar-refractivity contribution is 5.00. The molecule has 0 bridgehead atoms. The van der Waals surface area contributed by atoms with E-state index in [9.17, 15) is 0 Å². The summed E-state index contributed by atoms with van der Waals surface area (Å²) in [6.45, 7) is 18.6. The summed E-state index contributed by atoms with van der Waals surface area (Å²) >= 11 is 0. The van der Waals surface area contributed by atoms with Gasteiger partial charge in [0, 0.05) is 22.2 Å². The molecule has 0 N–H and O–H groups in total. The number of hydrogen-bond donors (Lipinski definition) is 0. The monoisotopic (exact) mass is 354 g/mol. The molecule has 0 aromatic rings. The lowest BCUT2D eigenvalue weighted by molar-refractivity contribution is -0.279. The molecule has 25 heavy (non-hydrogen) atoms. The molecule has 0 aromatic heterocycles. The summed E-state index contributed by atoms with van der Waals surface area (Å²) in [5.41, 5.74) is 0.331. The summed E-state index contributed by atoms with van der Waals surface area (Å²) in [6.07, 6.45) is 6.13. The average molecular weight is 355 g/mol. The second-order valence-electron chi connectivity index (χ2n) is 11.0. The summed E-state index contributed by atoms with van der Waals surface area (Å²) in [7, 11) is 3.63. The minimum absolute atomic E-state index is 0.0828. The summed E-state index contributed by atoms with van der Waals surface area (Å²) in [5.74, 6) is 1.50. The van der Waals surface area contributed by atoms with Gasteiger partial charge in [0.25, 0.3) is 0 Å². The Balaban J connectivity index is 2.12. The highest BCUT2D eigenvalue weighted by Gasteiger charge is 2.49. The SMILES string of the molecule is CON1C(C)(C)CC(CC2CC(C)(C)N(OC)C(C)(C)C2)CC1(C)C. The van der Waals surface area contributed by atoms with Crippen molar-refractivity contribution in [2.45, 2.75) is 110 Å². The minimum atomic E-state index is 0.0828. The van der Waals surface area contributed by atoms with Gasteiger partial charge in [0.2, 0.25) is 0 Å². The van der Waals surface area contributed by atoms with Crippen LogP contribution in [0, 0.1) is 11.8 Å². The molecule has 2 fully saturated rings. The molecule has 2 aliphatic heterocycles. The second-order valence-corrected chi connectivity index (χ2v) is 11.0. The zero-order valence-electron chi connectivity index (χ0n) is 18.4. The fraction of sp³-hybridized carbons (Fsp3) is 1.00. The molecular weight excluding hydrogens is 312 g/mol. The largest absolute Gasteiger partial charge is 0.301 e. The molecule has 0 radical (unpaired) electrons. The van der Waals surface area contributed by atoms with Crippen LogP contribution in [0.4, 0.5) is 0 Å². The molecule has 0 amide bonds. The normalized spacial score (nSPS) is 30.5. The van der Waals surface area contributed by atoms with Gasteiger partial charge in [0.1, 0.15) is 0 Å². The van der Waals surface area contributed by atoms with Crippen molar-refractivity contribution >= 4 is 0 Å². The van der Waals surface area contributed by atoms with Crippen LogP contribution in [-0.2, 0) is 9.68 Å². The Morgan fingerprint density at radius 1 is 0.600 bits per heavy atom. The Labute approximate surface area is 156 Å². The molecule has 2 rings (SSSR count). The van der Waals surface area contributed by atoms with Gasteiger partial charge in [-0.05, 0) is 99.3 Å². The van der Waals surface area contributed by atoms with Gasteiger partial charge in [-0.2, -0.15) is 10.1 Å². The lowest BCUT2D eigenvalue weighted by Crippen LogP contribution is -2.61. The van der Waals surface area contributed by atoms with Gasteiger partial charge in [-0.1, -0.05) is 0 Å². The van der Waals surface area contributed by atoms with Crippen LogP contribution in [0.2, 0.25) is 0 Å². The van der Waals surface area contributed by atoms with Crippen molar-refractivity contribution in [2.24, 2.45) is 11.8 Å². The molecular formula is C21H42N2O2. The third-order valence-corrected chi connectivity index (χ3v) is 6.38. The highest BCUT2D eigenvalue weighted by atomic mass is 16.7. The summed E-state index contributed by atoms with van der Waals surface area (Å²) in [5, 5.41) is 4.44. The quantitative estimate of drug-likeness (QED) is 0.706. The molecule has 0 unspecified atom stereocenters. The molecule has 2 saturated heterocycles. The van der Waals surface area contributed by atoms with E-state index in [0.29, 0.717) is 0 Å². The Morgan fingerprint density at radius 2 is 0.840 bits per heavy atom. The zero-order chi connectivity index (χ0) is 19.3. The zero-order valence-corrected chi connectivity index (χ0v) is 18.4. The lowest BCUT2D eigenvalue weighted by atomic mass is 9.67. The molecule has 0 atom stereocenters. The van der Waals surface area contributed by atoms with Gasteiger partial charge in [-0.3, -0.25) is 0 Å². The first-order valence-corrected chi connectivity index (χ1v) is 9.94. The third kappa shape index (κ3) is 4.23. The second kappa shape index (κ2) is 6.78. The first-order valence-electron chi connectivity index (χ1n) is 9.94. The molecule has 0 aliphatic carbocycles. The van der Waals surface area contributed by atoms with Crippen molar-refractivity contribution in [3.8, 4) is 0 Å². The van der Waals surface area contributed by atoms with Crippen LogP contribution in [0.25, 0.3) is 0 Å². The predicted octanol–water partition coefficient (Wildman–Crippen LogP) is 5.04. The fourth-order valence-corrected chi connectivity index (χ4v) is 6.73. The molecule has 0 aromatic carbocycles. The molecule has 0 spiro atoms. The Morgan fingerprint density at radius 3 is 1.04 bits per heavy atom. The van der Waals surface area contributed by atoms with Crippen molar-refractivity contribution in [1.82, 2.24) is 10.1 Å². The maximum absolute atomic E-state index is 5.76. The van der Waals surface area contributed by atoms with Crippen molar-refractivity contribution in [3.05, 3.63) is 0 Å². The van der Waals surface area contributed by atoms with Crippen molar-refractivity contribution in [3.63, 3.8) is 0 Å². The maximum Gasteiger partial charge on any atom is 0.0575 e. The Hall–Kier alpha value is -0.160. The van der Waals surface area contributed by atoms with E-state index >= 15 is 0 Å². The predicted molar refractivity (Wildman–Crippen MR) is 104 cm³/mol. The number of piperidine rings is 2. The topological polar surface area (TPSA) is 24.9 Å². The Kier molecular flexibility index (Phi) is 5.73. The van der Waals surface area contributed by atoms with Gasteiger partial charge >= 0.3 is 0 Å². The number of hydrogen-bond acceptors (Lipinski definition) is 4. The van der Waals surface area contributed by atoms with Gasteiger partial charge in [0.15, 0.2) is 0 Å². The summed E-state index contributed by atoms with van der Waals surface area (Å²) in [6, 6.07) is 0. The van der Waals surface area contributed by atoms with E-state index in [4.69, 9.17) is 9.68 Å². The molecule has 0 saturated carbocycles. The molecule has 4 nitrogen and oxygen atoms in total. The van der Waals surface area contributed by atoms with Crippen molar-refractivity contribution in [2.75, 3.05) is 14.2 Å². The van der Waals surface area contributed by atoms with Crippen molar-refractivity contribution < 1.29 is 9.68 Å². The smallest absolute Gasteiger partial charge is 0.0575 e. The number of rotatable bonds is 4. The highest BCUT2D eigenvalue weighted by Crippen LogP contribution is 2.48. The first kappa shape index (κ1) is 21.1. The molecule has 2 heterocycles. The molecule has 148 valence electrons. The fourth-order valence-electron chi connectivity index (χ4n) is 6.73. The van der Waals surface area contributed by atoms with Gasteiger partial charge in [-0.25, -0.2) is 0 Å². The average Bonchev–Trinajstić information content (AvgIpc) is 2.32. The van der Waals surface area contributed by atoms with E-state index in [1.165, 1.54) is 32.1 Å². The number of hydroxylamine groups is 4. The van der Waals surface area contributed by atoms with Crippen LogP contribution in [0.15, 0.2) is 0 Å². The third-order valence-electron chi connectivity index (χ3n) is 6.38. The van der Waals surface area contributed by atoms with Crippen LogP contribution in [0.3, 0.4) is 0 Å². The van der Waals surface area contributed by atoms with E-state index in [0.717, 1.165) is 11.8 Å². The van der Waals surface area contributed by atoms with Crippen LogP contribution < -0.4 is 0 Å². The standard InChI is InChI=1S/C21H42N2O2/c1-18(2)12-16(13-19(3,4)22(18)24-9)11-17-14-20(5,6)23(25-10)21(7,8)15-17/h16-17H,11-15H2,1-10H3. The Bertz CT molecular complexity index is 393. The minimum Gasteiger partial charge on any atom is -0.301 e. The van der Waals surface area contributed by atoms with Crippen LogP contribution in [0.5, 0.6) is 0 Å². The van der Waals surface area contributed by atoms with E-state index in [2.05, 4.69) is 65.5 Å². The van der Waals surface area contributed by atoms with Crippen molar-refractivity contribution in [1.29, 1.82) is 0 Å². The van der Waals surface area contributed by atoms with Gasteiger partial charge in [0.05, 0.1) is 14.2 Å². The van der Waals surface area contributed by atoms with E-state index in [1.54, 1.807) is 0 Å². The molecule has 4 heteroatoms. The van der Waals surface area contributed by atoms with Gasteiger partial charge in [-0.15, -0.1) is 0 Å². The van der Waals surface area contributed by atoms with Crippen LogP contribution in [0.1, 0.15) is 87.5 Å². The van der Waals surface area contributed by atoms with Crippen LogP contribution >= 0.6 is 0 Å². The van der Waals surface area contributed by atoms with E-state index < -0.39 is 0 Å². The number of nitrogens with zero attached hydrogens (tertiary/aromatic N) is 2. The summed E-state index contributed by atoms with van der Waals surface area (Å²) < 4.78 is 0.